The molecule has 1 heterocycles. The van der Waals surface area contributed by atoms with Gasteiger partial charge >= 0.3 is 0 Å². The molecule has 1 fully saturated rings. The Morgan fingerprint density at radius 3 is 2.65 bits per heavy atom. The fourth-order valence-electron chi connectivity index (χ4n) is 4.86. The molecule has 1 aliphatic heterocycles. The highest BCUT2D eigenvalue weighted by Gasteiger charge is 2.26. The number of carbonyl (C=O) groups excluding carboxylic acids is 2. The van der Waals surface area contributed by atoms with Crippen LogP contribution in [0.4, 0.5) is 11.4 Å². The van der Waals surface area contributed by atoms with Crippen LogP contribution in [0.15, 0.2) is 48.5 Å². The third-order valence-electron chi connectivity index (χ3n) is 6.74. The van der Waals surface area contributed by atoms with Crippen LogP contribution < -0.4 is 10.6 Å². The molecule has 164 valence electrons. The summed E-state index contributed by atoms with van der Waals surface area (Å²) in [5.74, 6) is -0.172. The molecule has 5 heteroatoms. The second-order valence-corrected chi connectivity index (χ2v) is 9.00. The zero-order valence-electron chi connectivity index (χ0n) is 18.4. The lowest BCUT2D eigenvalue weighted by atomic mass is 9.89. The molecule has 0 radical (unpaired) electrons. The predicted octanol–water partition coefficient (Wildman–Crippen LogP) is 4.98. The number of hydrogen-bond donors (Lipinski definition) is 2. The molecule has 1 saturated carbocycles. The van der Waals surface area contributed by atoms with Gasteiger partial charge in [0.2, 0.25) is 11.8 Å². The van der Waals surface area contributed by atoms with Crippen molar-refractivity contribution in [3.8, 4) is 0 Å². The van der Waals surface area contributed by atoms with E-state index in [9.17, 15) is 9.59 Å². The van der Waals surface area contributed by atoms with Gasteiger partial charge in [-0.2, -0.15) is 0 Å². The number of para-hydroxylation sites is 2. The minimum absolute atomic E-state index is 0.0148. The number of fused-ring (bicyclic) bond motifs is 1. The summed E-state index contributed by atoms with van der Waals surface area (Å²) >= 11 is 0. The summed E-state index contributed by atoms with van der Waals surface area (Å²) in [4.78, 5) is 27.5. The lowest BCUT2D eigenvalue weighted by molar-refractivity contribution is -0.121. The first-order valence-electron chi connectivity index (χ1n) is 11.6. The molecule has 2 amide bonds. The third-order valence-corrected chi connectivity index (χ3v) is 6.74. The Morgan fingerprint density at radius 2 is 1.81 bits per heavy atom. The molecule has 1 unspecified atom stereocenters. The lowest BCUT2D eigenvalue weighted by Gasteiger charge is -2.31. The molecule has 2 N–H and O–H groups in total. The molecular weight excluding hydrogens is 386 g/mol. The van der Waals surface area contributed by atoms with Crippen LogP contribution in [-0.4, -0.2) is 29.8 Å². The summed E-state index contributed by atoms with van der Waals surface area (Å²) in [5.41, 5.74) is 4.06. The number of benzene rings is 2. The van der Waals surface area contributed by atoms with Crippen molar-refractivity contribution in [3.05, 3.63) is 59.7 Å². The molecule has 0 spiro atoms. The number of anilines is 2. The fourth-order valence-corrected chi connectivity index (χ4v) is 4.86. The van der Waals surface area contributed by atoms with Crippen molar-refractivity contribution < 1.29 is 9.59 Å². The highest BCUT2D eigenvalue weighted by atomic mass is 16.2. The largest absolute Gasteiger partial charge is 0.326 e. The molecule has 4 rings (SSSR count). The van der Waals surface area contributed by atoms with Crippen molar-refractivity contribution in [2.75, 3.05) is 17.7 Å². The second kappa shape index (κ2) is 10.1. The quantitative estimate of drug-likeness (QED) is 0.665. The number of rotatable bonds is 7. The molecule has 1 aliphatic carbocycles. The Balaban J connectivity index is 1.32. The Bertz CT molecular complexity index is 920. The van der Waals surface area contributed by atoms with Crippen molar-refractivity contribution in [1.82, 2.24) is 4.90 Å². The van der Waals surface area contributed by atoms with Crippen molar-refractivity contribution in [2.45, 2.75) is 64.0 Å². The average Bonchev–Trinajstić information content (AvgIpc) is 2.79. The van der Waals surface area contributed by atoms with E-state index in [0.717, 1.165) is 29.0 Å². The van der Waals surface area contributed by atoms with Gasteiger partial charge in [-0.25, -0.2) is 0 Å². The van der Waals surface area contributed by atoms with Crippen LogP contribution in [0.5, 0.6) is 0 Å². The van der Waals surface area contributed by atoms with Crippen LogP contribution in [0.1, 0.15) is 56.1 Å². The maximum Gasteiger partial charge on any atom is 0.227 e. The normalized spacial score (nSPS) is 19.0. The molecule has 1 atom stereocenters. The molecule has 5 nitrogen and oxygen atoms in total. The maximum atomic E-state index is 12.7. The lowest BCUT2D eigenvalue weighted by Crippen LogP contribution is -2.33. The Labute approximate surface area is 185 Å². The number of nitrogens with zero attached hydrogens (tertiary/aromatic N) is 1. The predicted molar refractivity (Wildman–Crippen MR) is 125 cm³/mol. The van der Waals surface area contributed by atoms with E-state index in [1.54, 1.807) is 0 Å². The van der Waals surface area contributed by atoms with E-state index < -0.39 is 0 Å². The van der Waals surface area contributed by atoms with E-state index in [1.807, 2.05) is 42.5 Å². The SMILES string of the molecule is CN(Cc1ccccc1NC(=O)CCC1Cc2ccccc2NC1=O)C1CCCCC1. The standard InChI is InChI=1S/C26H33N3O2/c1-29(22-11-3-2-4-12-22)18-21-10-6-8-14-24(21)27-25(30)16-15-20-17-19-9-5-7-13-23(19)28-26(20)31/h5-10,13-14,20,22H,2-4,11-12,15-18H2,1H3,(H,27,30)(H,28,31). The van der Waals surface area contributed by atoms with E-state index >= 15 is 0 Å². The highest BCUT2D eigenvalue weighted by molar-refractivity contribution is 5.96. The van der Waals surface area contributed by atoms with Gasteiger partial charge < -0.3 is 10.6 Å². The minimum atomic E-state index is -0.159. The van der Waals surface area contributed by atoms with Gasteiger partial charge in [-0.05, 0) is 56.0 Å². The second-order valence-electron chi connectivity index (χ2n) is 9.00. The first-order valence-corrected chi connectivity index (χ1v) is 11.6. The van der Waals surface area contributed by atoms with Crippen LogP contribution in [0.2, 0.25) is 0 Å². The van der Waals surface area contributed by atoms with Crippen LogP contribution in [0, 0.1) is 5.92 Å². The van der Waals surface area contributed by atoms with Gasteiger partial charge in [0.15, 0.2) is 0 Å². The minimum Gasteiger partial charge on any atom is -0.326 e. The van der Waals surface area contributed by atoms with Crippen molar-refractivity contribution >= 4 is 23.2 Å². The van der Waals surface area contributed by atoms with E-state index in [-0.39, 0.29) is 17.7 Å². The molecule has 2 aliphatic rings. The topological polar surface area (TPSA) is 61.4 Å². The number of amides is 2. The summed E-state index contributed by atoms with van der Waals surface area (Å²) in [5, 5.41) is 6.06. The molecule has 0 saturated heterocycles. The molecular formula is C26H33N3O2. The van der Waals surface area contributed by atoms with Gasteiger partial charge in [-0.3, -0.25) is 14.5 Å². The maximum absolute atomic E-state index is 12.7. The molecule has 0 aromatic heterocycles. The summed E-state index contributed by atoms with van der Waals surface area (Å²) in [6, 6.07) is 16.6. The average molecular weight is 420 g/mol. The molecule has 2 aromatic rings. The van der Waals surface area contributed by atoms with Gasteiger partial charge in [0, 0.05) is 36.3 Å². The monoisotopic (exact) mass is 419 g/mol. The van der Waals surface area contributed by atoms with E-state index in [0.29, 0.717) is 25.3 Å². The van der Waals surface area contributed by atoms with Gasteiger partial charge in [-0.1, -0.05) is 55.7 Å². The van der Waals surface area contributed by atoms with Crippen LogP contribution in [0.3, 0.4) is 0 Å². The zero-order chi connectivity index (χ0) is 21.6. The van der Waals surface area contributed by atoms with Crippen molar-refractivity contribution in [1.29, 1.82) is 0 Å². The number of nitrogens with one attached hydrogen (secondary N) is 2. The van der Waals surface area contributed by atoms with E-state index in [1.165, 1.54) is 32.1 Å². The zero-order valence-corrected chi connectivity index (χ0v) is 18.4. The van der Waals surface area contributed by atoms with Gasteiger partial charge in [0.1, 0.15) is 0 Å². The Morgan fingerprint density at radius 1 is 1.06 bits per heavy atom. The first kappa shape index (κ1) is 21.6. The van der Waals surface area contributed by atoms with Gasteiger partial charge in [0.05, 0.1) is 0 Å². The smallest absolute Gasteiger partial charge is 0.227 e. The van der Waals surface area contributed by atoms with Crippen LogP contribution >= 0.6 is 0 Å². The highest BCUT2D eigenvalue weighted by Crippen LogP contribution is 2.28. The third kappa shape index (κ3) is 5.53. The molecule has 0 bridgehead atoms. The van der Waals surface area contributed by atoms with Crippen molar-refractivity contribution in [2.24, 2.45) is 5.92 Å². The summed E-state index contributed by atoms with van der Waals surface area (Å²) < 4.78 is 0. The van der Waals surface area contributed by atoms with Crippen molar-refractivity contribution in [3.63, 3.8) is 0 Å². The summed E-state index contributed by atoms with van der Waals surface area (Å²) in [6.45, 7) is 0.836. The van der Waals surface area contributed by atoms with E-state index in [2.05, 4.69) is 28.6 Å². The molecule has 2 aromatic carbocycles. The van der Waals surface area contributed by atoms with Crippen LogP contribution in [-0.2, 0) is 22.6 Å². The Kier molecular flexibility index (Phi) is 7.03. The molecule has 31 heavy (non-hydrogen) atoms. The number of hydrogen-bond acceptors (Lipinski definition) is 3. The fraction of sp³-hybridized carbons (Fsp3) is 0.462. The Hall–Kier alpha value is -2.66. The van der Waals surface area contributed by atoms with Crippen LogP contribution in [0.25, 0.3) is 0 Å². The number of carbonyl (C=O) groups is 2. The summed E-state index contributed by atoms with van der Waals surface area (Å²) in [6.07, 6.45) is 8.08. The summed E-state index contributed by atoms with van der Waals surface area (Å²) in [7, 11) is 2.19. The van der Waals surface area contributed by atoms with Gasteiger partial charge in [0.25, 0.3) is 0 Å². The van der Waals surface area contributed by atoms with E-state index in [4.69, 9.17) is 0 Å². The van der Waals surface area contributed by atoms with Gasteiger partial charge in [-0.15, -0.1) is 0 Å². The first-order chi connectivity index (χ1) is 15.1.